The lowest BCUT2D eigenvalue weighted by Gasteiger charge is -2.07. The first-order valence-corrected chi connectivity index (χ1v) is 5.70. The minimum absolute atomic E-state index is 0.0896. The smallest absolute Gasteiger partial charge is 0.228 e. The quantitative estimate of drug-likeness (QED) is 0.708. The molecule has 0 bridgehead atoms. The number of anilines is 1. The molecule has 0 aliphatic carbocycles. The van der Waals surface area contributed by atoms with Gasteiger partial charge in [0, 0.05) is 16.6 Å². The highest BCUT2D eigenvalue weighted by Crippen LogP contribution is 2.34. The van der Waals surface area contributed by atoms with Gasteiger partial charge in [0.2, 0.25) is 5.91 Å². The van der Waals surface area contributed by atoms with Crippen LogP contribution in [0.2, 0.25) is 0 Å². The third kappa shape index (κ3) is 1.64. The molecule has 1 unspecified atom stereocenters. The Morgan fingerprint density at radius 1 is 1.50 bits per heavy atom. The highest BCUT2D eigenvalue weighted by Gasteiger charge is 2.20. The number of nitrogens with one attached hydrogen (secondary N) is 1. The number of hydrogen-bond donors (Lipinski definition) is 1. The van der Waals surface area contributed by atoms with Crippen molar-refractivity contribution in [3.63, 3.8) is 0 Å². The number of thioether (sulfide) groups is 1. The van der Waals surface area contributed by atoms with Gasteiger partial charge in [-0.2, -0.15) is 0 Å². The summed E-state index contributed by atoms with van der Waals surface area (Å²) in [6.45, 7) is 4.04. The van der Waals surface area contributed by atoms with Gasteiger partial charge in [-0.1, -0.05) is 19.1 Å². The summed E-state index contributed by atoms with van der Waals surface area (Å²) >= 11 is 1.76. The fourth-order valence-electron chi connectivity index (χ4n) is 1.48. The Balaban J connectivity index is 2.42. The zero-order valence-electron chi connectivity index (χ0n) is 8.33. The molecule has 0 fully saturated rings. The molecule has 0 radical (unpaired) electrons. The molecule has 1 aromatic rings. The van der Waals surface area contributed by atoms with Gasteiger partial charge in [0.1, 0.15) is 0 Å². The van der Waals surface area contributed by atoms with E-state index in [0.717, 1.165) is 11.4 Å². The first kappa shape index (κ1) is 9.59. The van der Waals surface area contributed by atoms with Gasteiger partial charge in [0.15, 0.2) is 0 Å². The molecule has 1 amide bonds. The van der Waals surface area contributed by atoms with Gasteiger partial charge in [-0.25, -0.2) is 0 Å². The van der Waals surface area contributed by atoms with Gasteiger partial charge in [-0.05, 0) is 18.6 Å². The Labute approximate surface area is 88.1 Å². The lowest BCUT2D eigenvalue weighted by atomic mass is 10.2. The summed E-state index contributed by atoms with van der Waals surface area (Å²) < 4.78 is 0. The van der Waals surface area contributed by atoms with Crippen molar-refractivity contribution in [2.24, 2.45) is 5.92 Å². The van der Waals surface area contributed by atoms with Gasteiger partial charge < -0.3 is 5.32 Å². The van der Waals surface area contributed by atoms with E-state index in [-0.39, 0.29) is 11.8 Å². The number of rotatable bonds is 0. The minimum atomic E-state index is 0.0896. The molecule has 1 heterocycles. The lowest BCUT2D eigenvalue weighted by molar-refractivity contribution is -0.118. The predicted octanol–water partition coefficient (Wildman–Crippen LogP) is 2.68. The Kier molecular flexibility index (Phi) is 2.50. The molecular formula is C11H13NOS. The van der Waals surface area contributed by atoms with Crippen LogP contribution in [0.15, 0.2) is 23.1 Å². The zero-order valence-corrected chi connectivity index (χ0v) is 9.15. The summed E-state index contributed by atoms with van der Waals surface area (Å²) in [5.74, 6) is 1.08. The van der Waals surface area contributed by atoms with Crippen LogP contribution in [-0.2, 0) is 4.79 Å². The van der Waals surface area contributed by atoms with Crippen LogP contribution in [-0.4, -0.2) is 11.7 Å². The second-order valence-electron chi connectivity index (χ2n) is 3.65. The van der Waals surface area contributed by atoms with E-state index in [9.17, 15) is 4.79 Å². The van der Waals surface area contributed by atoms with E-state index < -0.39 is 0 Å². The summed E-state index contributed by atoms with van der Waals surface area (Å²) in [5, 5.41) is 2.95. The van der Waals surface area contributed by atoms with E-state index in [1.807, 2.05) is 19.1 Å². The summed E-state index contributed by atoms with van der Waals surface area (Å²) in [7, 11) is 0. The van der Waals surface area contributed by atoms with Crippen molar-refractivity contribution >= 4 is 23.4 Å². The largest absolute Gasteiger partial charge is 0.325 e. The third-order valence-corrected chi connectivity index (χ3v) is 3.89. The van der Waals surface area contributed by atoms with Crippen LogP contribution in [0.1, 0.15) is 12.5 Å². The van der Waals surface area contributed by atoms with Gasteiger partial charge in [-0.15, -0.1) is 11.8 Å². The molecule has 1 N–H and O–H groups in total. The number of aryl methyl sites for hydroxylation is 1. The standard InChI is InChI=1S/C11H13NOS/c1-7-4-3-5-9-10(7)14-6-8(2)11(13)12-9/h3-5,8H,6H2,1-2H3,(H,12,13). The van der Waals surface area contributed by atoms with Gasteiger partial charge in [0.05, 0.1) is 5.69 Å². The fraction of sp³-hybridized carbons (Fsp3) is 0.364. The van der Waals surface area contributed by atoms with Crippen LogP contribution in [0.3, 0.4) is 0 Å². The summed E-state index contributed by atoms with van der Waals surface area (Å²) in [6.07, 6.45) is 0. The molecular weight excluding hydrogens is 194 g/mol. The second-order valence-corrected chi connectivity index (χ2v) is 4.68. The van der Waals surface area contributed by atoms with Gasteiger partial charge in [0.25, 0.3) is 0 Å². The molecule has 1 aliphatic rings. The maximum absolute atomic E-state index is 11.6. The first-order valence-electron chi connectivity index (χ1n) is 4.72. The van der Waals surface area contributed by atoms with Gasteiger partial charge >= 0.3 is 0 Å². The molecule has 2 rings (SSSR count). The summed E-state index contributed by atoms with van der Waals surface area (Å²) in [6, 6.07) is 6.02. The molecule has 1 atom stereocenters. The van der Waals surface area contributed by atoms with Crippen LogP contribution in [0.5, 0.6) is 0 Å². The summed E-state index contributed by atoms with van der Waals surface area (Å²) in [5.41, 5.74) is 2.20. The van der Waals surface area contributed by atoms with E-state index in [1.54, 1.807) is 11.8 Å². The van der Waals surface area contributed by atoms with Crippen molar-refractivity contribution in [2.45, 2.75) is 18.7 Å². The lowest BCUT2D eigenvalue weighted by Crippen LogP contribution is -2.20. The van der Waals surface area contributed by atoms with Crippen LogP contribution in [0, 0.1) is 12.8 Å². The highest BCUT2D eigenvalue weighted by molar-refractivity contribution is 7.99. The zero-order chi connectivity index (χ0) is 10.1. The number of benzene rings is 1. The maximum atomic E-state index is 11.6. The van der Waals surface area contributed by atoms with Gasteiger partial charge in [-0.3, -0.25) is 4.79 Å². The Hall–Kier alpha value is -0.960. The average Bonchev–Trinajstić information content (AvgIpc) is 2.29. The maximum Gasteiger partial charge on any atom is 0.228 e. The van der Waals surface area contributed by atoms with Crippen molar-refractivity contribution in [3.05, 3.63) is 23.8 Å². The Bertz CT molecular complexity index is 376. The number of fused-ring (bicyclic) bond motifs is 1. The third-order valence-electron chi connectivity index (χ3n) is 2.40. The number of amides is 1. The van der Waals surface area contributed by atoms with Crippen molar-refractivity contribution in [2.75, 3.05) is 11.1 Å². The Morgan fingerprint density at radius 2 is 2.29 bits per heavy atom. The van der Waals surface area contributed by atoms with Crippen LogP contribution in [0.4, 0.5) is 5.69 Å². The molecule has 74 valence electrons. The second kappa shape index (κ2) is 3.65. The molecule has 0 saturated heterocycles. The molecule has 1 aromatic carbocycles. The average molecular weight is 207 g/mol. The van der Waals surface area contributed by atoms with Crippen molar-refractivity contribution in [1.82, 2.24) is 0 Å². The van der Waals surface area contributed by atoms with E-state index >= 15 is 0 Å². The molecule has 3 heteroatoms. The first-order chi connectivity index (χ1) is 6.68. The topological polar surface area (TPSA) is 29.1 Å². The molecule has 0 spiro atoms. The molecule has 2 nitrogen and oxygen atoms in total. The van der Waals surface area contributed by atoms with Crippen molar-refractivity contribution in [3.8, 4) is 0 Å². The highest BCUT2D eigenvalue weighted by atomic mass is 32.2. The Morgan fingerprint density at radius 3 is 3.07 bits per heavy atom. The van der Waals surface area contributed by atoms with Crippen molar-refractivity contribution in [1.29, 1.82) is 0 Å². The molecule has 1 aliphatic heterocycles. The number of carbonyl (C=O) groups is 1. The van der Waals surface area contributed by atoms with E-state index in [4.69, 9.17) is 0 Å². The minimum Gasteiger partial charge on any atom is -0.325 e. The summed E-state index contributed by atoms with van der Waals surface area (Å²) in [4.78, 5) is 12.8. The van der Waals surface area contributed by atoms with E-state index in [0.29, 0.717) is 0 Å². The molecule has 0 saturated carbocycles. The SMILES string of the molecule is Cc1cccc2c1SCC(C)C(=O)N2. The monoisotopic (exact) mass is 207 g/mol. The van der Waals surface area contributed by atoms with Crippen LogP contribution in [0.25, 0.3) is 0 Å². The van der Waals surface area contributed by atoms with Crippen LogP contribution >= 0.6 is 11.8 Å². The van der Waals surface area contributed by atoms with E-state index in [1.165, 1.54) is 10.5 Å². The van der Waals surface area contributed by atoms with Crippen LogP contribution < -0.4 is 5.32 Å². The normalized spacial score (nSPS) is 21.0. The molecule has 0 aromatic heterocycles. The fourth-order valence-corrected chi connectivity index (χ4v) is 2.62. The van der Waals surface area contributed by atoms with E-state index in [2.05, 4.69) is 18.3 Å². The molecule has 14 heavy (non-hydrogen) atoms. The van der Waals surface area contributed by atoms with Crippen molar-refractivity contribution < 1.29 is 4.79 Å². The number of hydrogen-bond acceptors (Lipinski definition) is 2. The number of carbonyl (C=O) groups excluding carboxylic acids is 1. The predicted molar refractivity (Wildman–Crippen MR) is 59.7 cm³/mol.